The molecule has 0 bridgehead atoms. The number of anilines is 1. The minimum absolute atomic E-state index is 0.210. The summed E-state index contributed by atoms with van der Waals surface area (Å²) in [6, 6.07) is 10.8. The molecule has 0 saturated heterocycles. The lowest BCUT2D eigenvalue weighted by Crippen LogP contribution is -2.32. The Kier molecular flexibility index (Phi) is 6.71. The zero-order valence-electron chi connectivity index (χ0n) is 13.5. The topological polar surface area (TPSA) is 96.9 Å². The van der Waals surface area contributed by atoms with Gasteiger partial charge in [-0.3, -0.25) is 9.59 Å². The standard InChI is InChI=1S/C17H13Cl2N3O4/c1-26-17(25)11-4-2-10(3-5-11)9-20-22-16(24)15(23)21-14-8-12(18)6-7-13(14)19/h2-9H,1H3,(H,21,23)(H,22,24)/b20-9-. The van der Waals surface area contributed by atoms with Gasteiger partial charge >= 0.3 is 17.8 Å². The van der Waals surface area contributed by atoms with Crippen molar-refractivity contribution in [3.05, 3.63) is 63.6 Å². The Balaban J connectivity index is 1.93. The first-order chi connectivity index (χ1) is 12.4. The van der Waals surface area contributed by atoms with E-state index < -0.39 is 17.8 Å². The molecule has 0 atom stereocenters. The van der Waals surface area contributed by atoms with E-state index in [0.717, 1.165) is 0 Å². The first kappa shape index (κ1) is 19.4. The third-order valence-corrected chi connectivity index (χ3v) is 3.66. The number of ether oxygens (including phenoxy) is 1. The summed E-state index contributed by atoms with van der Waals surface area (Å²) in [6.07, 6.45) is 1.32. The molecule has 0 radical (unpaired) electrons. The van der Waals surface area contributed by atoms with Gasteiger partial charge in [0.1, 0.15) is 0 Å². The fraction of sp³-hybridized carbons (Fsp3) is 0.0588. The minimum atomic E-state index is -0.983. The van der Waals surface area contributed by atoms with Gasteiger partial charge in [-0.1, -0.05) is 35.3 Å². The Bertz CT molecular complexity index is 867. The normalized spacial score (nSPS) is 10.4. The number of benzene rings is 2. The van der Waals surface area contributed by atoms with Crippen molar-refractivity contribution in [2.75, 3.05) is 12.4 Å². The van der Waals surface area contributed by atoms with Crippen molar-refractivity contribution in [1.29, 1.82) is 0 Å². The molecule has 0 heterocycles. The number of esters is 1. The summed E-state index contributed by atoms with van der Waals surface area (Å²) in [6.45, 7) is 0. The fourth-order valence-corrected chi connectivity index (χ4v) is 2.15. The molecule has 0 aliphatic rings. The number of nitrogens with zero attached hydrogens (tertiary/aromatic N) is 1. The van der Waals surface area contributed by atoms with Crippen LogP contribution in [0.1, 0.15) is 15.9 Å². The molecule has 9 heteroatoms. The van der Waals surface area contributed by atoms with Crippen LogP contribution in [0.15, 0.2) is 47.6 Å². The van der Waals surface area contributed by atoms with Gasteiger partial charge in [-0.2, -0.15) is 5.10 Å². The highest BCUT2D eigenvalue weighted by molar-refractivity contribution is 6.42. The van der Waals surface area contributed by atoms with E-state index in [9.17, 15) is 14.4 Å². The molecule has 0 unspecified atom stereocenters. The van der Waals surface area contributed by atoms with Crippen molar-refractivity contribution in [3.63, 3.8) is 0 Å². The number of rotatable bonds is 4. The quantitative estimate of drug-likeness (QED) is 0.361. The summed E-state index contributed by atoms with van der Waals surface area (Å²) in [5.41, 5.74) is 3.28. The predicted octanol–water partition coefficient (Wildman–Crippen LogP) is 2.87. The molecular formula is C17H13Cl2N3O4. The lowest BCUT2D eigenvalue weighted by molar-refractivity contribution is -0.136. The molecule has 0 aromatic heterocycles. The van der Waals surface area contributed by atoms with Crippen LogP contribution in [0.2, 0.25) is 10.0 Å². The third-order valence-electron chi connectivity index (χ3n) is 3.09. The van der Waals surface area contributed by atoms with Crippen LogP contribution in [0.5, 0.6) is 0 Å². The summed E-state index contributed by atoms with van der Waals surface area (Å²) in [5.74, 6) is -2.39. The highest BCUT2D eigenvalue weighted by Crippen LogP contribution is 2.25. The molecule has 134 valence electrons. The fourth-order valence-electron chi connectivity index (χ4n) is 1.81. The number of hydrazone groups is 1. The van der Waals surface area contributed by atoms with Crippen LogP contribution in [0.25, 0.3) is 0 Å². The summed E-state index contributed by atoms with van der Waals surface area (Å²) < 4.78 is 4.59. The average Bonchev–Trinajstić information content (AvgIpc) is 2.64. The molecule has 2 N–H and O–H groups in total. The van der Waals surface area contributed by atoms with E-state index >= 15 is 0 Å². The van der Waals surface area contributed by atoms with Gasteiger partial charge in [0, 0.05) is 5.02 Å². The predicted molar refractivity (Wildman–Crippen MR) is 98.6 cm³/mol. The Labute approximate surface area is 158 Å². The van der Waals surface area contributed by atoms with Crippen LogP contribution in [-0.4, -0.2) is 31.1 Å². The van der Waals surface area contributed by atoms with Gasteiger partial charge in [0.15, 0.2) is 0 Å². The van der Waals surface area contributed by atoms with Gasteiger partial charge in [0.2, 0.25) is 0 Å². The Morgan fingerprint density at radius 1 is 1.04 bits per heavy atom. The van der Waals surface area contributed by atoms with Gasteiger partial charge in [0.25, 0.3) is 0 Å². The monoisotopic (exact) mass is 393 g/mol. The first-order valence-electron chi connectivity index (χ1n) is 7.18. The summed E-state index contributed by atoms with van der Waals surface area (Å²) >= 11 is 11.7. The SMILES string of the molecule is COC(=O)c1ccc(/C=N\NC(=O)C(=O)Nc2cc(Cl)ccc2Cl)cc1. The molecule has 0 spiro atoms. The molecule has 2 amide bonds. The maximum absolute atomic E-state index is 11.8. The second-order valence-corrected chi connectivity index (χ2v) is 5.73. The summed E-state index contributed by atoms with van der Waals surface area (Å²) in [4.78, 5) is 34.9. The van der Waals surface area contributed by atoms with Crippen LogP contribution in [0, 0.1) is 0 Å². The smallest absolute Gasteiger partial charge is 0.337 e. The molecule has 2 aromatic rings. The minimum Gasteiger partial charge on any atom is -0.465 e. The van der Waals surface area contributed by atoms with Gasteiger partial charge in [-0.15, -0.1) is 0 Å². The number of carbonyl (C=O) groups is 3. The number of methoxy groups -OCH3 is 1. The van der Waals surface area contributed by atoms with Gasteiger partial charge < -0.3 is 10.1 Å². The highest BCUT2D eigenvalue weighted by Gasteiger charge is 2.14. The van der Waals surface area contributed by atoms with Gasteiger partial charge in [-0.05, 0) is 35.9 Å². The molecule has 0 saturated carbocycles. The van der Waals surface area contributed by atoms with E-state index in [1.54, 1.807) is 30.3 Å². The third kappa shape index (κ3) is 5.30. The first-order valence-corrected chi connectivity index (χ1v) is 7.94. The number of carbonyl (C=O) groups excluding carboxylic acids is 3. The zero-order chi connectivity index (χ0) is 19.1. The van der Waals surface area contributed by atoms with E-state index in [4.69, 9.17) is 23.2 Å². The van der Waals surface area contributed by atoms with Crippen molar-refractivity contribution in [2.45, 2.75) is 0 Å². The molecule has 0 aliphatic carbocycles. The van der Waals surface area contributed by atoms with Gasteiger partial charge in [-0.25, -0.2) is 10.2 Å². The van der Waals surface area contributed by atoms with E-state index in [1.807, 2.05) is 0 Å². The lowest BCUT2D eigenvalue weighted by Gasteiger charge is -2.06. The number of hydrogen-bond donors (Lipinski definition) is 2. The van der Waals surface area contributed by atoms with E-state index in [-0.39, 0.29) is 10.7 Å². The largest absolute Gasteiger partial charge is 0.465 e. The molecule has 26 heavy (non-hydrogen) atoms. The molecule has 2 rings (SSSR count). The van der Waals surface area contributed by atoms with E-state index in [0.29, 0.717) is 16.1 Å². The molecular weight excluding hydrogens is 381 g/mol. The lowest BCUT2D eigenvalue weighted by atomic mass is 10.1. The number of nitrogens with one attached hydrogen (secondary N) is 2. The maximum Gasteiger partial charge on any atom is 0.337 e. The average molecular weight is 394 g/mol. The van der Waals surface area contributed by atoms with Crippen LogP contribution in [-0.2, 0) is 14.3 Å². The summed E-state index contributed by atoms with van der Waals surface area (Å²) in [5, 5.41) is 6.61. The molecule has 7 nitrogen and oxygen atoms in total. The van der Waals surface area contributed by atoms with Crippen LogP contribution in [0.3, 0.4) is 0 Å². The molecule has 0 aliphatic heterocycles. The van der Waals surface area contributed by atoms with Crippen LogP contribution >= 0.6 is 23.2 Å². The number of amides is 2. The number of halogens is 2. The zero-order valence-corrected chi connectivity index (χ0v) is 15.0. The second-order valence-electron chi connectivity index (χ2n) is 4.89. The molecule has 2 aromatic carbocycles. The Hall–Kier alpha value is -2.90. The summed E-state index contributed by atoms with van der Waals surface area (Å²) in [7, 11) is 1.29. The van der Waals surface area contributed by atoms with Crippen molar-refractivity contribution in [2.24, 2.45) is 5.10 Å². The highest BCUT2D eigenvalue weighted by atomic mass is 35.5. The Morgan fingerprint density at radius 3 is 2.38 bits per heavy atom. The second kappa shape index (κ2) is 8.98. The van der Waals surface area contributed by atoms with Crippen molar-refractivity contribution >= 4 is 52.9 Å². The van der Waals surface area contributed by atoms with E-state index in [1.165, 1.54) is 25.5 Å². The van der Waals surface area contributed by atoms with Crippen LogP contribution < -0.4 is 10.7 Å². The maximum atomic E-state index is 11.8. The van der Waals surface area contributed by atoms with Gasteiger partial charge in [0.05, 0.1) is 29.6 Å². The van der Waals surface area contributed by atoms with E-state index in [2.05, 4.69) is 20.6 Å². The van der Waals surface area contributed by atoms with Crippen molar-refractivity contribution in [3.8, 4) is 0 Å². The van der Waals surface area contributed by atoms with Crippen molar-refractivity contribution < 1.29 is 19.1 Å². The molecule has 0 fully saturated rings. The van der Waals surface area contributed by atoms with Crippen molar-refractivity contribution in [1.82, 2.24) is 5.43 Å². The van der Waals surface area contributed by atoms with Crippen LogP contribution in [0.4, 0.5) is 5.69 Å². The Morgan fingerprint density at radius 2 is 1.73 bits per heavy atom. The number of hydrogen-bond acceptors (Lipinski definition) is 5.